The van der Waals surface area contributed by atoms with E-state index >= 15 is 0 Å². The molecule has 2 atom stereocenters. The van der Waals surface area contributed by atoms with Crippen LogP contribution < -0.4 is 0 Å². The lowest BCUT2D eigenvalue weighted by Crippen LogP contribution is -2.30. The van der Waals surface area contributed by atoms with Crippen molar-refractivity contribution in [3.8, 4) is 0 Å². The molecule has 6 nitrogen and oxygen atoms in total. The molecule has 0 aliphatic carbocycles. The fourth-order valence-corrected chi connectivity index (χ4v) is 8.97. The molecule has 0 saturated carbocycles. The van der Waals surface area contributed by atoms with Gasteiger partial charge in [0.1, 0.15) is 13.2 Å². The minimum absolute atomic E-state index is 0.0645. The molecule has 0 spiro atoms. The maximum Gasteiger partial charge on any atom is 0.306 e. The summed E-state index contributed by atoms with van der Waals surface area (Å²) in [7, 11) is 0. The molecular formula is C59H114O6. The van der Waals surface area contributed by atoms with E-state index in [2.05, 4.69) is 41.5 Å². The van der Waals surface area contributed by atoms with Crippen molar-refractivity contribution in [1.29, 1.82) is 0 Å². The van der Waals surface area contributed by atoms with Gasteiger partial charge in [0.25, 0.3) is 0 Å². The van der Waals surface area contributed by atoms with Crippen molar-refractivity contribution in [3.63, 3.8) is 0 Å². The summed E-state index contributed by atoms with van der Waals surface area (Å²) in [5.41, 5.74) is 0. The van der Waals surface area contributed by atoms with E-state index in [0.717, 1.165) is 75.5 Å². The molecule has 0 heterocycles. The Kier molecular flexibility index (Phi) is 49.1. The van der Waals surface area contributed by atoms with Gasteiger partial charge in [0.05, 0.1) is 0 Å². The third-order valence-electron chi connectivity index (χ3n) is 13.8. The number of carbonyl (C=O) groups is 3. The number of ether oxygens (including phenoxy) is 3. The first-order chi connectivity index (χ1) is 31.6. The third-order valence-corrected chi connectivity index (χ3v) is 13.8. The maximum absolute atomic E-state index is 12.8. The first-order valence-corrected chi connectivity index (χ1v) is 29.1. The van der Waals surface area contributed by atoms with Crippen LogP contribution in [0.2, 0.25) is 0 Å². The second-order valence-electron chi connectivity index (χ2n) is 21.5. The number of hydrogen-bond acceptors (Lipinski definition) is 6. The number of carbonyl (C=O) groups excluding carboxylic acids is 3. The molecule has 0 radical (unpaired) electrons. The van der Waals surface area contributed by atoms with Gasteiger partial charge in [0.2, 0.25) is 0 Å². The fraction of sp³-hybridized carbons (Fsp3) is 0.949. The van der Waals surface area contributed by atoms with Crippen LogP contribution >= 0.6 is 0 Å². The smallest absolute Gasteiger partial charge is 0.306 e. The van der Waals surface area contributed by atoms with Crippen LogP contribution in [0.1, 0.15) is 324 Å². The van der Waals surface area contributed by atoms with Gasteiger partial charge >= 0.3 is 17.9 Å². The van der Waals surface area contributed by atoms with E-state index in [9.17, 15) is 14.4 Å². The van der Waals surface area contributed by atoms with Crippen molar-refractivity contribution < 1.29 is 28.6 Å². The van der Waals surface area contributed by atoms with Crippen molar-refractivity contribution in [2.75, 3.05) is 13.2 Å². The molecule has 6 heteroatoms. The van der Waals surface area contributed by atoms with Crippen molar-refractivity contribution in [2.45, 2.75) is 330 Å². The summed E-state index contributed by atoms with van der Waals surface area (Å²) >= 11 is 0. The van der Waals surface area contributed by atoms with Gasteiger partial charge in [-0.25, -0.2) is 0 Å². The zero-order chi connectivity index (χ0) is 47.7. The van der Waals surface area contributed by atoms with Crippen molar-refractivity contribution in [1.82, 2.24) is 0 Å². The normalized spacial score (nSPS) is 12.6. The van der Waals surface area contributed by atoms with Crippen molar-refractivity contribution in [2.24, 2.45) is 17.8 Å². The second-order valence-corrected chi connectivity index (χ2v) is 21.5. The summed E-state index contributed by atoms with van der Waals surface area (Å²) in [6.07, 6.45) is 52.5. The molecule has 1 unspecified atom stereocenters. The van der Waals surface area contributed by atoms with E-state index < -0.39 is 6.10 Å². The molecule has 0 bridgehead atoms. The molecule has 0 amide bonds. The Balaban J connectivity index is 4.19. The molecule has 0 saturated heterocycles. The van der Waals surface area contributed by atoms with Gasteiger partial charge in [0.15, 0.2) is 6.10 Å². The molecule has 0 aliphatic heterocycles. The van der Waals surface area contributed by atoms with Crippen LogP contribution in [0.15, 0.2) is 0 Å². The van der Waals surface area contributed by atoms with Gasteiger partial charge in [-0.1, -0.05) is 286 Å². The van der Waals surface area contributed by atoms with Gasteiger partial charge in [0, 0.05) is 19.3 Å². The average Bonchev–Trinajstić information content (AvgIpc) is 3.28. The lowest BCUT2D eigenvalue weighted by Gasteiger charge is -2.18. The van der Waals surface area contributed by atoms with Crippen molar-refractivity contribution >= 4 is 17.9 Å². The van der Waals surface area contributed by atoms with Crippen LogP contribution in [0.5, 0.6) is 0 Å². The number of rotatable bonds is 52. The first-order valence-electron chi connectivity index (χ1n) is 29.1. The first kappa shape index (κ1) is 63.4. The molecule has 0 aliphatic rings. The number of unbranched alkanes of at least 4 members (excludes halogenated alkanes) is 34. The predicted octanol–water partition coefficient (Wildman–Crippen LogP) is 19.1. The minimum Gasteiger partial charge on any atom is -0.462 e. The number of hydrogen-bond donors (Lipinski definition) is 0. The fourth-order valence-electron chi connectivity index (χ4n) is 8.97. The molecule has 65 heavy (non-hydrogen) atoms. The largest absolute Gasteiger partial charge is 0.462 e. The summed E-state index contributed by atoms with van der Waals surface area (Å²) in [6, 6.07) is 0. The van der Waals surface area contributed by atoms with E-state index in [1.165, 1.54) is 205 Å². The van der Waals surface area contributed by atoms with E-state index in [-0.39, 0.29) is 31.1 Å². The van der Waals surface area contributed by atoms with Crippen LogP contribution in [0.4, 0.5) is 0 Å². The Hall–Kier alpha value is -1.59. The summed E-state index contributed by atoms with van der Waals surface area (Å²) in [6.45, 7) is 13.7. The Morgan fingerprint density at radius 1 is 0.308 bits per heavy atom. The number of esters is 3. The van der Waals surface area contributed by atoms with E-state index in [4.69, 9.17) is 14.2 Å². The molecular weight excluding hydrogens is 805 g/mol. The lowest BCUT2D eigenvalue weighted by molar-refractivity contribution is -0.167. The zero-order valence-corrected chi connectivity index (χ0v) is 44.8. The Morgan fingerprint density at radius 2 is 0.538 bits per heavy atom. The molecule has 386 valence electrons. The van der Waals surface area contributed by atoms with Gasteiger partial charge in [-0.3, -0.25) is 14.4 Å². The quantitative estimate of drug-likeness (QED) is 0.0344. The predicted molar refractivity (Wildman–Crippen MR) is 279 cm³/mol. The highest BCUT2D eigenvalue weighted by atomic mass is 16.6. The standard InChI is InChI=1S/C59H114O6/c1-7-55(6)47-41-35-28-24-20-16-12-10-8-9-11-13-17-22-26-30-38-44-50-59(62)65-56(52-64-58(61)49-43-37-32-31-34-40-46-54(4)5)51-63-57(60)48-42-36-29-25-21-18-14-15-19-23-27-33-39-45-53(2)3/h53-56H,7-52H2,1-6H3/t55?,56-/m0/s1. The monoisotopic (exact) mass is 919 g/mol. The Labute approximate surface area is 406 Å². The van der Waals surface area contributed by atoms with Crippen LogP contribution in [0.25, 0.3) is 0 Å². The summed E-state index contributed by atoms with van der Waals surface area (Å²) in [5, 5.41) is 0. The molecule has 0 rings (SSSR count). The average molecular weight is 920 g/mol. The molecule has 0 fully saturated rings. The maximum atomic E-state index is 12.8. The summed E-state index contributed by atoms with van der Waals surface area (Å²) in [4.78, 5) is 38.0. The molecule has 0 aromatic rings. The zero-order valence-electron chi connectivity index (χ0n) is 44.8. The van der Waals surface area contributed by atoms with Gasteiger partial charge in [-0.05, 0) is 37.0 Å². The van der Waals surface area contributed by atoms with E-state index in [1.807, 2.05) is 0 Å². The lowest BCUT2D eigenvalue weighted by atomic mass is 9.99. The molecule has 0 aromatic carbocycles. The highest BCUT2D eigenvalue weighted by Gasteiger charge is 2.19. The minimum atomic E-state index is -0.764. The Morgan fingerprint density at radius 3 is 0.800 bits per heavy atom. The SMILES string of the molecule is CCC(C)CCCCCCCCCCCCCCCCCCCCC(=O)O[C@@H](COC(=O)CCCCCCCCCCCCCCCC(C)C)COC(=O)CCCCCCCCC(C)C. The Bertz CT molecular complexity index is 1010. The summed E-state index contributed by atoms with van der Waals surface area (Å²) in [5.74, 6) is 1.66. The topological polar surface area (TPSA) is 78.9 Å². The van der Waals surface area contributed by atoms with E-state index in [1.54, 1.807) is 0 Å². The second kappa shape index (κ2) is 50.3. The van der Waals surface area contributed by atoms with E-state index in [0.29, 0.717) is 19.3 Å². The third kappa shape index (κ3) is 51.6. The summed E-state index contributed by atoms with van der Waals surface area (Å²) < 4.78 is 16.9. The van der Waals surface area contributed by atoms with Crippen LogP contribution in [0, 0.1) is 17.8 Å². The van der Waals surface area contributed by atoms with Gasteiger partial charge in [-0.2, -0.15) is 0 Å². The van der Waals surface area contributed by atoms with Crippen LogP contribution in [-0.2, 0) is 28.6 Å². The van der Waals surface area contributed by atoms with Gasteiger partial charge in [-0.15, -0.1) is 0 Å². The molecule has 0 N–H and O–H groups in total. The van der Waals surface area contributed by atoms with Crippen LogP contribution in [0.3, 0.4) is 0 Å². The van der Waals surface area contributed by atoms with Gasteiger partial charge < -0.3 is 14.2 Å². The molecule has 0 aromatic heterocycles. The van der Waals surface area contributed by atoms with Crippen LogP contribution in [-0.4, -0.2) is 37.2 Å². The highest BCUT2D eigenvalue weighted by molar-refractivity contribution is 5.71. The van der Waals surface area contributed by atoms with Crippen molar-refractivity contribution in [3.05, 3.63) is 0 Å². The highest BCUT2D eigenvalue weighted by Crippen LogP contribution is 2.19.